The van der Waals surface area contributed by atoms with Crippen LogP contribution in [0, 0.1) is 18.7 Å². The van der Waals surface area contributed by atoms with E-state index >= 15 is 0 Å². The van der Waals surface area contributed by atoms with Gasteiger partial charge in [0.15, 0.2) is 5.69 Å². The van der Waals surface area contributed by atoms with Crippen LogP contribution in [0.1, 0.15) is 35.4 Å². The van der Waals surface area contributed by atoms with Gasteiger partial charge in [-0.3, -0.25) is 4.79 Å². The highest BCUT2D eigenvalue weighted by Gasteiger charge is 2.27. The molecule has 1 aromatic carbocycles. The number of carbonyl (C=O) groups excluding carboxylic acids is 1. The molecule has 1 saturated heterocycles. The monoisotopic (exact) mass is 379 g/mol. The highest BCUT2D eigenvalue weighted by Crippen LogP contribution is 2.23. The number of amides is 1. The van der Waals surface area contributed by atoms with Crippen LogP contribution in [0.15, 0.2) is 18.2 Å². The van der Waals surface area contributed by atoms with Crippen LogP contribution < -0.4 is 5.32 Å². The first-order valence-corrected chi connectivity index (χ1v) is 9.20. The van der Waals surface area contributed by atoms with Gasteiger partial charge in [0.05, 0.1) is 16.4 Å². The molecule has 1 fully saturated rings. The van der Waals surface area contributed by atoms with Gasteiger partial charge in [-0.05, 0) is 63.9 Å². The van der Waals surface area contributed by atoms with Crippen molar-refractivity contribution in [3.05, 3.63) is 40.4 Å². The van der Waals surface area contributed by atoms with Crippen LogP contribution in [0.5, 0.6) is 0 Å². The van der Waals surface area contributed by atoms with Crippen molar-refractivity contribution >= 4 is 17.5 Å². The Morgan fingerprint density at radius 3 is 2.77 bits per heavy atom. The van der Waals surface area contributed by atoms with Crippen molar-refractivity contribution in [1.82, 2.24) is 25.2 Å². The van der Waals surface area contributed by atoms with Crippen LogP contribution in [0.4, 0.5) is 4.39 Å². The lowest BCUT2D eigenvalue weighted by Gasteiger charge is -2.31. The fourth-order valence-electron chi connectivity index (χ4n) is 3.31. The summed E-state index contributed by atoms with van der Waals surface area (Å²) in [4.78, 5) is 14.7. The van der Waals surface area contributed by atoms with Gasteiger partial charge in [-0.15, -0.1) is 5.10 Å². The van der Waals surface area contributed by atoms with Gasteiger partial charge in [0.25, 0.3) is 5.91 Å². The predicted molar refractivity (Wildman–Crippen MR) is 98.2 cm³/mol. The topological polar surface area (TPSA) is 63.1 Å². The van der Waals surface area contributed by atoms with Gasteiger partial charge in [0, 0.05) is 13.1 Å². The quantitative estimate of drug-likeness (QED) is 0.867. The van der Waals surface area contributed by atoms with Gasteiger partial charge < -0.3 is 10.2 Å². The Morgan fingerprint density at radius 1 is 1.38 bits per heavy atom. The normalized spacial score (nSPS) is 15.5. The molecule has 0 atom stereocenters. The van der Waals surface area contributed by atoms with Crippen LogP contribution in [-0.2, 0) is 0 Å². The van der Waals surface area contributed by atoms with Crippen LogP contribution in [0.25, 0.3) is 5.69 Å². The van der Waals surface area contributed by atoms with E-state index in [4.69, 9.17) is 11.6 Å². The minimum absolute atomic E-state index is 0.00826. The van der Waals surface area contributed by atoms with E-state index in [9.17, 15) is 9.18 Å². The summed E-state index contributed by atoms with van der Waals surface area (Å²) in [5, 5.41) is 11.3. The zero-order chi connectivity index (χ0) is 18.7. The number of hydrogen-bond donors (Lipinski definition) is 1. The van der Waals surface area contributed by atoms with Crippen molar-refractivity contribution < 1.29 is 9.18 Å². The number of nitrogens with zero attached hydrogens (tertiary/aromatic N) is 4. The predicted octanol–water partition coefficient (Wildman–Crippen LogP) is 2.83. The lowest BCUT2D eigenvalue weighted by molar-refractivity contribution is 0.0680. The third-order valence-corrected chi connectivity index (χ3v) is 5.24. The Balaban J connectivity index is 1.71. The second kappa shape index (κ2) is 8.14. The summed E-state index contributed by atoms with van der Waals surface area (Å²) in [6.07, 6.45) is 3.15. The molecule has 1 N–H and O–H groups in total. The van der Waals surface area contributed by atoms with Crippen LogP contribution in [0.2, 0.25) is 5.02 Å². The van der Waals surface area contributed by atoms with Gasteiger partial charge in [-0.2, -0.15) is 0 Å². The van der Waals surface area contributed by atoms with Gasteiger partial charge in [0.2, 0.25) is 0 Å². The molecule has 0 saturated carbocycles. The first kappa shape index (κ1) is 18.8. The Morgan fingerprint density at radius 2 is 2.12 bits per heavy atom. The van der Waals surface area contributed by atoms with E-state index in [1.165, 1.54) is 16.8 Å². The molecule has 26 heavy (non-hydrogen) atoms. The van der Waals surface area contributed by atoms with Crippen LogP contribution in [-0.4, -0.2) is 52.5 Å². The standard InChI is InChI=1S/C18H23ClFN5O/c1-12-17(18(26)24-9-6-13(7-10-24)5-8-21-2)22-23-25(12)14-3-4-16(20)15(19)11-14/h3-4,11,13,21H,5-10H2,1-2H3. The molecule has 1 aliphatic rings. The molecular weight excluding hydrogens is 357 g/mol. The van der Waals surface area contributed by atoms with Crippen molar-refractivity contribution in [2.45, 2.75) is 26.2 Å². The van der Waals surface area contributed by atoms with E-state index < -0.39 is 5.82 Å². The fraction of sp³-hybridized carbons (Fsp3) is 0.500. The average molecular weight is 380 g/mol. The van der Waals surface area contributed by atoms with Gasteiger partial charge in [-0.1, -0.05) is 16.8 Å². The number of benzene rings is 1. The van der Waals surface area contributed by atoms with Crippen molar-refractivity contribution in [1.29, 1.82) is 0 Å². The maximum atomic E-state index is 13.4. The summed E-state index contributed by atoms with van der Waals surface area (Å²) in [5.41, 5.74) is 1.53. The molecule has 140 valence electrons. The molecule has 0 radical (unpaired) electrons. The highest BCUT2D eigenvalue weighted by atomic mass is 35.5. The summed E-state index contributed by atoms with van der Waals surface area (Å²) < 4.78 is 14.9. The van der Waals surface area contributed by atoms with Crippen molar-refractivity contribution in [3.63, 3.8) is 0 Å². The third-order valence-electron chi connectivity index (χ3n) is 4.95. The number of hydrogen-bond acceptors (Lipinski definition) is 4. The molecule has 1 amide bonds. The minimum Gasteiger partial charge on any atom is -0.337 e. The molecule has 0 spiro atoms. The molecule has 1 aromatic heterocycles. The zero-order valence-corrected chi connectivity index (χ0v) is 15.8. The third kappa shape index (κ3) is 3.88. The largest absolute Gasteiger partial charge is 0.337 e. The Labute approximate surface area is 157 Å². The Bertz CT molecular complexity index is 786. The van der Waals surface area contributed by atoms with Gasteiger partial charge in [-0.25, -0.2) is 9.07 Å². The Hall–Kier alpha value is -1.99. The number of likely N-dealkylation sites (tertiary alicyclic amines) is 1. The second-order valence-corrected chi connectivity index (χ2v) is 7.07. The van der Waals surface area contributed by atoms with E-state index in [0.717, 1.165) is 38.9 Å². The zero-order valence-electron chi connectivity index (χ0n) is 15.0. The number of nitrogens with one attached hydrogen (secondary N) is 1. The van der Waals surface area contributed by atoms with Crippen molar-refractivity contribution in [3.8, 4) is 5.69 Å². The summed E-state index contributed by atoms with van der Waals surface area (Å²) in [6.45, 7) is 4.26. The molecule has 3 rings (SSSR count). The molecular formula is C18H23ClFN5O. The molecule has 0 unspecified atom stereocenters. The first-order valence-electron chi connectivity index (χ1n) is 8.83. The molecule has 1 aliphatic heterocycles. The molecule has 8 heteroatoms. The fourth-order valence-corrected chi connectivity index (χ4v) is 3.49. The summed E-state index contributed by atoms with van der Waals surface area (Å²) in [5.74, 6) is 0.0595. The van der Waals surface area contributed by atoms with Crippen molar-refractivity contribution in [2.24, 2.45) is 5.92 Å². The number of rotatable bonds is 5. The van der Waals surface area contributed by atoms with E-state index in [-0.39, 0.29) is 10.9 Å². The number of halogens is 2. The highest BCUT2D eigenvalue weighted by molar-refractivity contribution is 6.30. The summed E-state index contributed by atoms with van der Waals surface area (Å²) >= 11 is 5.84. The maximum Gasteiger partial charge on any atom is 0.276 e. The minimum atomic E-state index is -0.495. The average Bonchev–Trinajstić information content (AvgIpc) is 3.03. The first-order chi connectivity index (χ1) is 12.5. The van der Waals surface area contributed by atoms with E-state index in [0.29, 0.717) is 23.0 Å². The SMILES string of the molecule is CNCCC1CCN(C(=O)c2nnn(-c3ccc(F)c(Cl)c3)c2C)CC1. The molecule has 2 heterocycles. The summed E-state index contributed by atoms with van der Waals surface area (Å²) in [6, 6.07) is 4.31. The van der Waals surface area contributed by atoms with Gasteiger partial charge in [0.1, 0.15) is 5.82 Å². The lowest BCUT2D eigenvalue weighted by atomic mass is 9.93. The lowest BCUT2D eigenvalue weighted by Crippen LogP contribution is -2.39. The number of carbonyl (C=O) groups is 1. The smallest absolute Gasteiger partial charge is 0.276 e. The van der Waals surface area contributed by atoms with Crippen LogP contribution >= 0.6 is 11.6 Å². The molecule has 2 aromatic rings. The number of aromatic nitrogens is 3. The molecule has 0 bridgehead atoms. The summed E-state index contributed by atoms with van der Waals surface area (Å²) in [7, 11) is 1.96. The van der Waals surface area contributed by atoms with E-state index in [1.807, 2.05) is 11.9 Å². The van der Waals surface area contributed by atoms with Crippen molar-refractivity contribution in [2.75, 3.05) is 26.7 Å². The second-order valence-electron chi connectivity index (χ2n) is 6.66. The maximum absolute atomic E-state index is 13.4. The number of piperidine rings is 1. The molecule has 6 nitrogen and oxygen atoms in total. The van der Waals surface area contributed by atoms with E-state index in [2.05, 4.69) is 15.6 Å². The molecule has 0 aliphatic carbocycles. The Kier molecular flexibility index (Phi) is 5.88. The van der Waals surface area contributed by atoms with E-state index in [1.54, 1.807) is 13.0 Å². The van der Waals surface area contributed by atoms with Gasteiger partial charge >= 0.3 is 0 Å². The van der Waals surface area contributed by atoms with Crippen LogP contribution in [0.3, 0.4) is 0 Å².